The van der Waals surface area contributed by atoms with Crippen molar-refractivity contribution in [3.63, 3.8) is 0 Å². The Labute approximate surface area is 436 Å². The molecule has 75 heavy (non-hydrogen) atoms. The van der Waals surface area contributed by atoms with Crippen LogP contribution in [-0.2, 0) is 10.8 Å². The Morgan fingerprint density at radius 1 is 0.213 bits per heavy atom. The van der Waals surface area contributed by atoms with Crippen LogP contribution in [0.15, 0.2) is 273 Å². The van der Waals surface area contributed by atoms with E-state index in [0.29, 0.717) is 17.5 Å². The lowest BCUT2D eigenvalue weighted by Crippen LogP contribution is -2.45. The zero-order chi connectivity index (χ0) is 49.5. The fourth-order valence-corrected chi connectivity index (χ4v) is 12.7. The highest BCUT2D eigenvalue weighted by atomic mass is 16.5. The Hall–Kier alpha value is -9.77. The number of fused-ring (bicyclic) bond motifs is 15. The molecule has 0 saturated heterocycles. The second-order valence-electron chi connectivity index (χ2n) is 19.7. The normalized spacial score (nSPS) is 13.7. The van der Waals surface area contributed by atoms with Gasteiger partial charge in [0.15, 0.2) is 17.5 Å². The van der Waals surface area contributed by atoms with E-state index in [2.05, 4.69) is 261 Å². The lowest BCUT2D eigenvalue weighted by atomic mass is 9.51. The standard InChI is InChI=1S/C71H45N3O/c1-3-19-46(20-4-1)48-35-39-50(40-36-48)67-72-68(51-41-37-49(38-42-51)47-21-5-2-6-22-47)74-69(73-67)55-25-8-7-23-53(55)52-43-44-58-56(45-52)54-24-9-10-26-57(54)70(58)59-27-11-13-29-61(59)71(62-30-14-12-28-60(62)70)63-31-15-17-33-65(63)75-66-34-18-16-32-64(66)71/h1-45H. The molecular weight excluding hydrogens is 911 g/mol. The summed E-state index contributed by atoms with van der Waals surface area (Å²) in [5.74, 6) is 3.60. The molecule has 0 bridgehead atoms. The molecule has 2 aliphatic carbocycles. The molecule has 0 atom stereocenters. The minimum atomic E-state index is -0.628. The Bertz CT molecular complexity index is 4010. The highest BCUT2D eigenvalue weighted by Crippen LogP contribution is 2.67. The largest absolute Gasteiger partial charge is 0.457 e. The Morgan fingerprint density at radius 3 is 1.05 bits per heavy atom. The van der Waals surface area contributed by atoms with Crippen molar-refractivity contribution in [1.82, 2.24) is 15.0 Å². The summed E-state index contributed by atoms with van der Waals surface area (Å²) in [5, 5.41) is 0. The van der Waals surface area contributed by atoms with Crippen LogP contribution in [0.2, 0.25) is 0 Å². The number of rotatable bonds is 6. The number of hydrogen-bond donors (Lipinski definition) is 0. The van der Waals surface area contributed by atoms with E-state index < -0.39 is 10.8 Å². The van der Waals surface area contributed by atoms with E-state index in [1.54, 1.807) is 0 Å². The van der Waals surface area contributed by atoms with Crippen molar-refractivity contribution in [3.8, 4) is 90.2 Å². The quantitative estimate of drug-likeness (QED) is 0.167. The third kappa shape index (κ3) is 6.39. The number of para-hydroxylation sites is 2. The first kappa shape index (κ1) is 42.9. The molecule has 12 aromatic rings. The molecule has 11 aromatic carbocycles. The predicted molar refractivity (Wildman–Crippen MR) is 302 cm³/mol. The maximum absolute atomic E-state index is 6.75. The van der Waals surface area contributed by atoms with Crippen LogP contribution < -0.4 is 4.74 Å². The molecule has 1 aromatic heterocycles. The summed E-state index contributed by atoms with van der Waals surface area (Å²) in [4.78, 5) is 15.8. The summed E-state index contributed by atoms with van der Waals surface area (Å²) in [7, 11) is 0. The number of ether oxygens (including phenoxy) is 1. The molecule has 0 N–H and O–H groups in total. The van der Waals surface area contributed by atoms with Gasteiger partial charge in [-0.1, -0.05) is 255 Å². The van der Waals surface area contributed by atoms with E-state index in [4.69, 9.17) is 19.7 Å². The zero-order valence-electron chi connectivity index (χ0n) is 40.7. The summed E-state index contributed by atoms with van der Waals surface area (Å²) in [6.07, 6.45) is 0. The summed E-state index contributed by atoms with van der Waals surface area (Å²) in [5.41, 5.74) is 20.6. The van der Waals surface area contributed by atoms with Gasteiger partial charge in [-0.15, -0.1) is 0 Å². The van der Waals surface area contributed by atoms with Gasteiger partial charge in [-0.25, -0.2) is 15.0 Å². The van der Waals surface area contributed by atoms with E-state index in [-0.39, 0.29) is 0 Å². The highest BCUT2D eigenvalue weighted by Gasteiger charge is 2.58. The fraction of sp³-hybridized carbons (Fsp3) is 0.0282. The molecule has 350 valence electrons. The molecule has 15 rings (SSSR count). The zero-order valence-corrected chi connectivity index (χ0v) is 40.7. The lowest BCUT2D eigenvalue weighted by Gasteiger charge is -2.51. The van der Waals surface area contributed by atoms with Crippen LogP contribution in [0.4, 0.5) is 0 Å². The molecule has 2 spiro atoms. The molecule has 0 fully saturated rings. The van der Waals surface area contributed by atoms with E-state index in [0.717, 1.165) is 72.7 Å². The van der Waals surface area contributed by atoms with Gasteiger partial charge in [-0.3, -0.25) is 0 Å². The van der Waals surface area contributed by atoms with E-state index in [9.17, 15) is 0 Å². The molecule has 1 aliphatic heterocycles. The van der Waals surface area contributed by atoms with Crippen LogP contribution in [0.3, 0.4) is 0 Å². The second kappa shape index (κ2) is 16.9. The van der Waals surface area contributed by atoms with Crippen LogP contribution in [-0.4, -0.2) is 15.0 Å². The molecule has 0 unspecified atom stereocenters. The molecule has 0 amide bonds. The summed E-state index contributed by atoms with van der Waals surface area (Å²) in [6.45, 7) is 0. The first-order chi connectivity index (χ1) is 37.2. The van der Waals surface area contributed by atoms with Gasteiger partial charge >= 0.3 is 0 Å². The Morgan fingerprint density at radius 2 is 0.547 bits per heavy atom. The average Bonchev–Trinajstić information content (AvgIpc) is 4.06. The maximum Gasteiger partial charge on any atom is 0.164 e. The van der Waals surface area contributed by atoms with Crippen LogP contribution in [0, 0.1) is 0 Å². The third-order valence-electron chi connectivity index (χ3n) is 15.9. The van der Waals surface area contributed by atoms with Gasteiger partial charge in [0.1, 0.15) is 11.5 Å². The van der Waals surface area contributed by atoms with Crippen LogP contribution in [0.1, 0.15) is 44.5 Å². The lowest BCUT2D eigenvalue weighted by molar-refractivity contribution is 0.429. The van der Waals surface area contributed by atoms with Gasteiger partial charge in [0.25, 0.3) is 0 Å². The van der Waals surface area contributed by atoms with Gasteiger partial charge in [0.05, 0.1) is 10.8 Å². The first-order valence-corrected chi connectivity index (χ1v) is 25.7. The van der Waals surface area contributed by atoms with Crippen LogP contribution in [0.25, 0.3) is 78.7 Å². The summed E-state index contributed by atoms with van der Waals surface area (Å²) >= 11 is 0. The van der Waals surface area contributed by atoms with Crippen molar-refractivity contribution in [3.05, 3.63) is 317 Å². The monoisotopic (exact) mass is 955 g/mol. The molecule has 2 heterocycles. The van der Waals surface area contributed by atoms with Gasteiger partial charge in [-0.05, 0) is 96.1 Å². The maximum atomic E-state index is 6.75. The minimum Gasteiger partial charge on any atom is -0.457 e. The summed E-state index contributed by atoms with van der Waals surface area (Å²) in [6, 6.07) is 98.3. The van der Waals surface area contributed by atoms with Crippen molar-refractivity contribution in [2.75, 3.05) is 0 Å². The van der Waals surface area contributed by atoms with Crippen LogP contribution in [0.5, 0.6) is 11.5 Å². The number of aromatic nitrogens is 3. The van der Waals surface area contributed by atoms with Crippen molar-refractivity contribution in [2.24, 2.45) is 0 Å². The fourth-order valence-electron chi connectivity index (χ4n) is 12.7. The van der Waals surface area contributed by atoms with Crippen LogP contribution >= 0.6 is 0 Å². The average molecular weight is 956 g/mol. The molecule has 4 heteroatoms. The predicted octanol–water partition coefficient (Wildman–Crippen LogP) is 17.0. The van der Waals surface area contributed by atoms with E-state index >= 15 is 0 Å². The van der Waals surface area contributed by atoms with Gasteiger partial charge in [0, 0.05) is 27.8 Å². The number of benzene rings is 11. The van der Waals surface area contributed by atoms with Gasteiger partial charge < -0.3 is 4.74 Å². The topological polar surface area (TPSA) is 47.9 Å². The third-order valence-corrected chi connectivity index (χ3v) is 15.9. The SMILES string of the molecule is c1ccc(-c2ccc(-c3nc(-c4ccc(-c5ccccc5)cc4)nc(-c4ccccc4-c4ccc5c(c4)-c4ccccc4C54c5ccccc5C5(c6ccccc6Oc6ccccc65)c5ccccc54)n3)cc2)cc1. The molecule has 4 nitrogen and oxygen atoms in total. The van der Waals surface area contributed by atoms with Crippen molar-refractivity contribution < 1.29 is 4.74 Å². The Balaban J connectivity index is 0.909. The number of hydrogen-bond acceptors (Lipinski definition) is 4. The summed E-state index contributed by atoms with van der Waals surface area (Å²) < 4.78 is 6.75. The first-order valence-electron chi connectivity index (χ1n) is 25.7. The van der Waals surface area contributed by atoms with Gasteiger partial charge in [0.2, 0.25) is 0 Å². The minimum absolute atomic E-state index is 0.611. The highest BCUT2D eigenvalue weighted by molar-refractivity contribution is 5.93. The van der Waals surface area contributed by atoms with Crippen molar-refractivity contribution in [1.29, 1.82) is 0 Å². The van der Waals surface area contributed by atoms with Crippen molar-refractivity contribution in [2.45, 2.75) is 10.8 Å². The number of nitrogens with zero attached hydrogens (tertiary/aromatic N) is 3. The second-order valence-corrected chi connectivity index (χ2v) is 19.7. The molecule has 0 saturated carbocycles. The molecule has 0 radical (unpaired) electrons. The van der Waals surface area contributed by atoms with Crippen molar-refractivity contribution >= 4 is 0 Å². The Kier molecular flexibility index (Phi) is 9.67. The van der Waals surface area contributed by atoms with E-state index in [1.807, 2.05) is 12.1 Å². The molecule has 3 aliphatic rings. The smallest absolute Gasteiger partial charge is 0.164 e. The van der Waals surface area contributed by atoms with Gasteiger partial charge in [-0.2, -0.15) is 0 Å². The van der Waals surface area contributed by atoms with E-state index in [1.165, 1.54) is 44.5 Å². The molecular formula is C71H45N3O.